The Kier molecular flexibility index (Phi) is 13.3. The first-order valence-corrected chi connectivity index (χ1v) is 8.13. The molecule has 0 saturated heterocycles. The first kappa shape index (κ1) is 17.9. The molecule has 0 bridgehead atoms. The van der Waals surface area contributed by atoms with E-state index in [1.165, 1.54) is 64.6 Å². The van der Waals surface area contributed by atoms with Crippen molar-refractivity contribution in [2.24, 2.45) is 11.7 Å². The predicted octanol–water partition coefficient (Wildman–Crippen LogP) is 4.04. The van der Waals surface area contributed by atoms with E-state index in [1.807, 2.05) is 0 Å². The van der Waals surface area contributed by atoms with Crippen LogP contribution in [0.4, 0.5) is 0 Å². The van der Waals surface area contributed by atoms with Crippen molar-refractivity contribution in [1.29, 1.82) is 0 Å². The van der Waals surface area contributed by atoms with E-state index < -0.39 is 0 Å². The molecule has 0 radical (unpaired) electrons. The summed E-state index contributed by atoms with van der Waals surface area (Å²) in [6.07, 6.45) is 11.0. The Hall–Kier alpha value is -0.0800. The van der Waals surface area contributed by atoms with Gasteiger partial charge in [-0.2, -0.15) is 0 Å². The van der Waals surface area contributed by atoms with Crippen LogP contribution in [0.15, 0.2) is 0 Å². The molecule has 0 saturated carbocycles. The lowest BCUT2D eigenvalue weighted by Gasteiger charge is -2.24. The number of nitrogens with two attached hydrogens (primary N) is 1. The van der Waals surface area contributed by atoms with E-state index in [9.17, 15) is 0 Å². The third kappa shape index (κ3) is 12.4. The fourth-order valence-electron chi connectivity index (χ4n) is 2.42. The number of hydrogen-bond acceptors (Lipinski definition) is 2. The van der Waals surface area contributed by atoms with E-state index in [0.29, 0.717) is 0 Å². The van der Waals surface area contributed by atoms with Crippen LogP contribution in [0.25, 0.3) is 0 Å². The number of nitrogens with zero attached hydrogens (tertiary/aromatic N) is 1. The molecule has 0 aromatic heterocycles. The molecule has 0 aromatic carbocycles. The van der Waals surface area contributed by atoms with Gasteiger partial charge in [-0.1, -0.05) is 59.3 Å². The van der Waals surface area contributed by atoms with Gasteiger partial charge in [0.05, 0.1) is 0 Å². The third-order valence-electron chi connectivity index (χ3n) is 3.38. The quantitative estimate of drug-likeness (QED) is 0.504. The van der Waals surface area contributed by atoms with Gasteiger partial charge in [0.1, 0.15) is 0 Å². The monoisotopic (exact) mass is 256 g/mol. The average Bonchev–Trinajstić information content (AvgIpc) is 2.34. The largest absolute Gasteiger partial charge is 0.330 e. The van der Waals surface area contributed by atoms with Crippen molar-refractivity contribution in [2.45, 2.75) is 72.1 Å². The number of unbranched alkanes of at least 4 members (excludes halogenated alkanes) is 6. The van der Waals surface area contributed by atoms with Gasteiger partial charge in [0, 0.05) is 6.54 Å². The molecular formula is C16H36N2. The number of rotatable bonds is 13. The second-order valence-electron chi connectivity index (χ2n) is 5.96. The molecule has 0 atom stereocenters. The Bertz CT molecular complexity index is 157. The van der Waals surface area contributed by atoms with E-state index in [1.54, 1.807) is 0 Å². The van der Waals surface area contributed by atoms with Crippen LogP contribution >= 0.6 is 0 Å². The van der Waals surface area contributed by atoms with E-state index in [0.717, 1.165) is 18.9 Å². The van der Waals surface area contributed by atoms with Gasteiger partial charge in [0.15, 0.2) is 0 Å². The molecule has 0 unspecified atom stereocenters. The van der Waals surface area contributed by atoms with Crippen LogP contribution in [0.5, 0.6) is 0 Å². The molecule has 0 aliphatic heterocycles. The molecule has 2 nitrogen and oxygen atoms in total. The molecule has 18 heavy (non-hydrogen) atoms. The second kappa shape index (κ2) is 13.4. The minimum Gasteiger partial charge on any atom is -0.330 e. The van der Waals surface area contributed by atoms with Crippen LogP contribution in [0.3, 0.4) is 0 Å². The molecule has 0 amide bonds. The summed E-state index contributed by atoms with van der Waals surface area (Å²) in [5.41, 5.74) is 5.60. The number of hydrogen-bond donors (Lipinski definition) is 1. The van der Waals surface area contributed by atoms with Crippen molar-refractivity contribution >= 4 is 0 Å². The molecule has 0 heterocycles. The van der Waals surface area contributed by atoms with Gasteiger partial charge in [-0.05, 0) is 38.4 Å². The zero-order chi connectivity index (χ0) is 13.6. The van der Waals surface area contributed by atoms with Crippen LogP contribution in [0.1, 0.15) is 72.1 Å². The fraction of sp³-hybridized carbons (Fsp3) is 1.00. The van der Waals surface area contributed by atoms with Crippen molar-refractivity contribution < 1.29 is 0 Å². The minimum absolute atomic E-state index is 0.771. The average molecular weight is 256 g/mol. The Labute approximate surface area is 115 Å². The Balaban J connectivity index is 3.49. The molecule has 2 N–H and O–H groups in total. The maximum Gasteiger partial charge on any atom is 0.000439 e. The fourth-order valence-corrected chi connectivity index (χ4v) is 2.42. The molecule has 0 rings (SSSR count). The highest BCUT2D eigenvalue weighted by molar-refractivity contribution is 4.61. The lowest BCUT2D eigenvalue weighted by atomic mass is 10.1. The van der Waals surface area contributed by atoms with Crippen molar-refractivity contribution in [3.05, 3.63) is 0 Å². The van der Waals surface area contributed by atoms with Crippen molar-refractivity contribution in [1.82, 2.24) is 4.90 Å². The molecule has 2 heteroatoms. The Morgan fingerprint density at radius 1 is 0.833 bits per heavy atom. The molecule has 110 valence electrons. The van der Waals surface area contributed by atoms with E-state index in [2.05, 4.69) is 25.7 Å². The highest BCUT2D eigenvalue weighted by Gasteiger charge is 2.06. The summed E-state index contributed by atoms with van der Waals surface area (Å²) in [6, 6.07) is 0. The van der Waals surface area contributed by atoms with Gasteiger partial charge >= 0.3 is 0 Å². The summed E-state index contributed by atoms with van der Waals surface area (Å²) in [6.45, 7) is 11.4. The van der Waals surface area contributed by atoms with Crippen LogP contribution in [-0.4, -0.2) is 31.1 Å². The van der Waals surface area contributed by atoms with E-state index in [4.69, 9.17) is 5.73 Å². The maximum absolute atomic E-state index is 5.60. The molecule has 0 spiro atoms. The summed E-state index contributed by atoms with van der Waals surface area (Å²) in [5.74, 6) is 0.771. The normalized spacial score (nSPS) is 11.7. The molecule has 0 aliphatic carbocycles. The lowest BCUT2D eigenvalue weighted by Crippen LogP contribution is -2.31. The van der Waals surface area contributed by atoms with Gasteiger partial charge in [-0.25, -0.2) is 0 Å². The van der Waals surface area contributed by atoms with Crippen molar-refractivity contribution in [3.63, 3.8) is 0 Å². The summed E-state index contributed by atoms with van der Waals surface area (Å²) < 4.78 is 0. The molecule has 0 fully saturated rings. The summed E-state index contributed by atoms with van der Waals surface area (Å²) in [7, 11) is 0. The molecule has 0 aliphatic rings. The highest BCUT2D eigenvalue weighted by Crippen LogP contribution is 2.08. The smallest absolute Gasteiger partial charge is 0.000439 e. The predicted molar refractivity (Wildman–Crippen MR) is 82.9 cm³/mol. The van der Waals surface area contributed by atoms with E-state index >= 15 is 0 Å². The lowest BCUT2D eigenvalue weighted by molar-refractivity contribution is 0.237. The first-order valence-electron chi connectivity index (χ1n) is 8.13. The van der Waals surface area contributed by atoms with Gasteiger partial charge in [0.2, 0.25) is 0 Å². The highest BCUT2D eigenvalue weighted by atomic mass is 15.1. The zero-order valence-electron chi connectivity index (χ0n) is 13.1. The topological polar surface area (TPSA) is 29.3 Å². The van der Waals surface area contributed by atoms with Gasteiger partial charge < -0.3 is 10.6 Å². The van der Waals surface area contributed by atoms with Crippen molar-refractivity contribution in [2.75, 3.05) is 26.2 Å². The van der Waals surface area contributed by atoms with Crippen LogP contribution in [0.2, 0.25) is 0 Å². The summed E-state index contributed by atoms with van der Waals surface area (Å²) >= 11 is 0. The van der Waals surface area contributed by atoms with Crippen LogP contribution in [-0.2, 0) is 0 Å². The van der Waals surface area contributed by atoms with Gasteiger partial charge in [-0.15, -0.1) is 0 Å². The van der Waals surface area contributed by atoms with Crippen molar-refractivity contribution in [3.8, 4) is 0 Å². The van der Waals surface area contributed by atoms with Gasteiger partial charge in [0.25, 0.3) is 0 Å². The zero-order valence-corrected chi connectivity index (χ0v) is 13.1. The Morgan fingerprint density at radius 3 is 1.94 bits per heavy atom. The molecular weight excluding hydrogens is 220 g/mol. The second-order valence-corrected chi connectivity index (χ2v) is 5.96. The maximum atomic E-state index is 5.60. The van der Waals surface area contributed by atoms with Gasteiger partial charge in [-0.3, -0.25) is 0 Å². The SMILES string of the molecule is CCCCCCCCCN(CCCN)CC(C)C. The third-order valence-corrected chi connectivity index (χ3v) is 3.38. The first-order chi connectivity index (χ1) is 8.70. The standard InChI is InChI=1S/C16H36N2/c1-4-5-6-7-8-9-10-13-18(14-11-12-17)15-16(2)3/h16H,4-15,17H2,1-3H3. The van der Waals surface area contributed by atoms with E-state index in [-0.39, 0.29) is 0 Å². The Morgan fingerprint density at radius 2 is 1.39 bits per heavy atom. The summed E-state index contributed by atoms with van der Waals surface area (Å²) in [5, 5.41) is 0. The van der Waals surface area contributed by atoms with Crippen LogP contribution < -0.4 is 5.73 Å². The minimum atomic E-state index is 0.771. The molecule has 0 aromatic rings. The van der Waals surface area contributed by atoms with Crippen LogP contribution in [0, 0.1) is 5.92 Å². The summed E-state index contributed by atoms with van der Waals surface area (Å²) in [4.78, 5) is 2.60.